The fraction of sp³-hybridized carbons (Fsp3) is 0.667. The molecular formula is C12H20N2O. The van der Waals surface area contributed by atoms with Gasteiger partial charge in [0.2, 0.25) is 0 Å². The molecule has 0 radical (unpaired) electrons. The largest absolute Gasteiger partial charge is 0.294 e. The van der Waals surface area contributed by atoms with E-state index in [4.69, 9.17) is 0 Å². The summed E-state index contributed by atoms with van der Waals surface area (Å²) < 4.78 is 1.95. The van der Waals surface area contributed by atoms with Gasteiger partial charge in [-0.1, -0.05) is 13.8 Å². The molecule has 3 heteroatoms. The first-order chi connectivity index (χ1) is 6.93. The van der Waals surface area contributed by atoms with E-state index in [-0.39, 0.29) is 5.78 Å². The van der Waals surface area contributed by atoms with Crippen LogP contribution < -0.4 is 0 Å². The maximum absolute atomic E-state index is 11.4. The Balaban J connectivity index is 2.91. The standard InChI is InChI=1S/C12H20N2O/c1-8(2)6-7-14-10(4)12(11(5)15)9(3)13-14/h8H,6-7H2,1-5H3. The summed E-state index contributed by atoms with van der Waals surface area (Å²) in [5.74, 6) is 0.774. The van der Waals surface area contributed by atoms with E-state index in [1.54, 1.807) is 6.92 Å². The van der Waals surface area contributed by atoms with E-state index in [0.29, 0.717) is 5.92 Å². The topological polar surface area (TPSA) is 34.9 Å². The van der Waals surface area contributed by atoms with Gasteiger partial charge in [0.15, 0.2) is 5.78 Å². The Morgan fingerprint density at radius 1 is 1.40 bits per heavy atom. The van der Waals surface area contributed by atoms with Gasteiger partial charge in [0.25, 0.3) is 0 Å². The van der Waals surface area contributed by atoms with Crippen molar-refractivity contribution in [2.45, 2.75) is 47.6 Å². The van der Waals surface area contributed by atoms with Crippen LogP contribution in [0.5, 0.6) is 0 Å². The van der Waals surface area contributed by atoms with E-state index in [2.05, 4.69) is 18.9 Å². The minimum absolute atomic E-state index is 0.112. The van der Waals surface area contributed by atoms with Crippen LogP contribution in [0.1, 0.15) is 48.9 Å². The molecule has 0 unspecified atom stereocenters. The van der Waals surface area contributed by atoms with Crippen molar-refractivity contribution in [3.8, 4) is 0 Å². The van der Waals surface area contributed by atoms with Gasteiger partial charge in [-0.3, -0.25) is 9.48 Å². The van der Waals surface area contributed by atoms with Gasteiger partial charge in [0, 0.05) is 12.2 Å². The molecule has 1 aromatic heterocycles. The van der Waals surface area contributed by atoms with E-state index in [0.717, 1.165) is 29.9 Å². The van der Waals surface area contributed by atoms with Crippen molar-refractivity contribution in [3.05, 3.63) is 17.0 Å². The van der Waals surface area contributed by atoms with Crippen molar-refractivity contribution < 1.29 is 4.79 Å². The number of carbonyl (C=O) groups is 1. The summed E-state index contributed by atoms with van der Waals surface area (Å²) in [6.45, 7) is 10.8. The third kappa shape index (κ3) is 2.67. The Kier molecular flexibility index (Phi) is 3.66. The average molecular weight is 208 g/mol. The minimum Gasteiger partial charge on any atom is -0.294 e. The number of hydrogen-bond acceptors (Lipinski definition) is 2. The molecule has 3 nitrogen and oxygen atoms in total. The van der Waals surface area contributed by atoms with Gasteiger partial charge < -0.3 is 0 Å². The monoisotopic (exact) mass is 208 g/mol. The summed E-state index contributed by atoms with van der Waals surface area (Å²) in [6.07, 6.45) is 1.10. The molecule has 0 atom stereocenters. The summed E-state index contributed by atoms with van der Waals surface area (Å²) >= 11 is 0. The highest BCUT2D eigenvalue weighted by Crippen LogP contribution is 2.14. The lowest BCUT2D eigenvalue weighted by Crippen LogP contribution is -2.06. The van der Waals surface area contributed by atoms with E-state index in [9.17, 15) is 4.79 Å². The van der Waals surface area contributed by atoms with E-state index in [1.165, 1.54) is 0 Å². The molecular weight excluding hydrogens is 188 g/mol. The van der Waals surface area contributed by atoms with Crippen LogP contribution in [0.4, 0.5) is 0 Å². The van der Waals surface area contributed by atoms with E-state index >= 15 is 0 Å². The predicted octanol–water partition coefficient (Wildman–Crippen LogP) is 2.75. The molecule has 0 aliphatic rings. The number of aromatic nitrogens is 2. The van der Waals surface area contributed by atoms with Gasteiger partial charge in [-0.15, -0.1) is 0 Å². The second-order valence-corrected chi connectivity index (χ2v) is 4.51. The zero-order valence-electron chi connectivity index (χ0n) is 10.3. The highest BCUT2D eigenvalue weighted by Gasteiger charge is 2.14. The van der Waals surface area contributed by atoms with Crippen molar-refractivity contribution in [1.82, 2.24) is 9.78 Å². The number of hydrogen-bond donors (Lipinski definition) is 0. The average Bonchev–Trinajstić information content (AvgIpc) is 2.37. The summed E-state index contributed by atoms with van der Waals surface area (Å²) in [6, 6.07) is 0. The molecule has 0 saturated heterocycles. The first-order valence-corrected chi connectivity index (χ1v) is 5.48. The zero-order chi connectivity index (χ0) is 11.6. The Morgan fingerprint density at radius 2 is 2.00 bits per heavy atom. The second kappa shape index (κ2) is 4.60. The van der Waals surface area contributed by atoms with Gasteiger partial charge in [-0.2, -0.15) is 5.10 Å². The van der Waals surface area contributed by atoms with Crippen molar-refractivity contribution in [1.29, 1.82) is 0 Å². The van der Waals surface area contributed by atoms with Crippen molar-refractivity contribution in [2.24, 2.45) is 5.92 Å². The highest BCUT2D eigenvalue weighted by molar-refractivity contribution is 5.96. The van der Waals surface area contributed by atoms with Gasteiger partial charge in [0.1, 0.15) is 0 Å². The van der Waals surface area contributed by atoms with Gasteiger partial charge >= 0.3 is 0 Å². The first kappa shape index (κ1) is 12.0. The molecule has 0 N–H and O–H groups in total. The van der Waals surface area contributed by atoms with Gasteiger partial charge in [-0.05, 0) is 33.1 Å². The third-order valence-corrected chi connectivity index (χ3v) is 2.65. The number of aryl methyl sites for hydroxylation is 2. The molecule has 0 amide bonds. The van der Waals surface area contributed by atoms with Crippen molar-refractivity contribution in [2.75, 3.05) is 0 Å². The molecule has 0 saturated carbocycles. The first-order valence-electron chi connectivity index (χ1n) is 5.48. The van der Waals surface area contributed by atoms with Crippen LogP contribution in [0.3, 0.4) is 0 Å². The highest BCUT2D eigenvalue weighted by atomic mass is 16.1. The Morgan fingerprint density at radius 3 is 2.40 bits per heavy atom. The molecule has 0 fully saturated rings. The van der Waals surface area contributed by atoms with Crippen LogP contribution in [0, 0.1) is 19.8 Å². The SMILES string of the molecule is CC(=O)c1c(C)nn(CCC(C)C)c1C. The van der Waals surface area contributed by atoms with Crippen molar-refractivity contribution in [3.63, 3.8) is 0 Å². The molecule has 15 heavy (non-hydrogen) atoms. The summed E-state index contributed by atoms with van der Waals surface area (Å²) in [4.78, 5) is 11.4. The Labute approximate surface area is 91.5 Å². The number of carbonyl (C=O) groups excluding carboxylic acids is 1. The molecule has 1 rings (SSSR count). The third-order valence-electron chi connectivity index (χ3n) is 2.65. The predicted molar refractivity (Wildman–Crippen MR) is 61.2 cm³/mol. The normalized spacial score (nSPS) is 11.1. The molecule has 0 aromatic carbocycles. The molecule has 0 bridgehead atoms. The fourth-order valence-electron chi connectivity index (χ4n) is 1.80. The Hall–Kier alpha value is -1.12. The van der Waals surface area contributed by atoms with Crippen LogP contribution in [0.25, 0.3) is 0 Å². The number of ketones is 1. The quantitative estimate of drug-likeness (QED) is 0.713. The van der Waals surface area contributed by atoms with Crippen LogP contribution in [0.2, 0.25) is 0 Å². The van der Waals surface area contributed by atoms with Gasteiger partial charge in [0.05, 0.1) is 11.3 Å². The summed E-state index contributed by atoms with van der Waals surface area (Å²) in [5.41, 5.74) is 2.64. The van der Waals surface area contributed by atoms with E-state index in [1.807, 2.05) is 18.5 Å². The number of nitrogens with zero attached hydrogens (tertiary/aromatic N) is 2. The maximum Gasteiger partial charge on any atom is 0.163 e. The summed E-state index contributed by atoms with van der Waals surface area (Å²) in [5, 5.41) is 4.40. The molecule has 84 valence electrons. The molecule has 0 spiro atoms. The minimum atomic E-state index is 0.112. The number of rotatable bonds is 4. The second-order valence-electron chi connectivity index (χ2n) is 4.51. The smallest absolute Gasteiger partial charge is 0.163 e. The molecule has 0 aliphatic carbocycles. The zero-order valence-corrected chi connectivity index (χ0v) is 10.3. The van der Waals surface area contributed by atoms with Crippen LogP contribution in [0.15, 0.2) is 0 Å². The van der Waals surface area contributed by atoms with Crippen LogP contribution >= 0.6 is 0 Å². The lowest BCUT2D eigenvalue weighted by Gasteiger charge is -2.06. The lowest BCUT2D eigenvalue weighted by atomic mass is 10.1. The fourth-order valence-corrected chi connectivity index (χ4v) is 1.80. The molecule has 0 aliphatic heterocycles. The Bertz CT molecular complexity index is 364. The number of Topliss-reactive ketones (excluding diaryl/α,β-unsaturated/α-hetero) is 1. The van der Waals surface area contributed by atoms with Crippen molar-refractivity contribution >= 4 is 5.78 Å². The maximum atomic E-state index is 11.4. The summed E-state index contributed by atoms with van der Waals surface area (Å²) in [7, 11) is 0. The van der Waals surface area contributed by atoms with Gasteiger partial charge in [-0.25, -0.2) is 0 Å². The van der Waals surface area contributed by atoms with Crippen LogP contribution in [-0.4, -0.2) is 15.6 Å². The van der Waals surface area contributed by atoms with Crippen LogP contribution in [-0.2, 0) is 6.54 Å². The van der Waals surface area contributed by atoms with E-state index < -0.39 is 0 Å². The molecule has 1 aromatic rings. The molecule has 1 heterocycles. The lowest BCUT2D eigenvalue weighted by molar-refractivity contribution is 0.101.